The quantitative estimate of drug-likeness (QED) is 0.865. The first-order valence-corrected chi connectivity index (χ1v) is 7.50. The molecule has 0 N–H and O–H groups in total. The standard InChI is InChI=1S/C18H22N2O2/c1-19(2)15-8-9-16-18(12-15)22-11-10-20(16)13-14-6-4-5-7-17(14)21-3/h4-9,12H,10-11,13H2,1-3H3. The number of para-hydroxylation sites is 1. The van der Waals surface area contributed by atoms with Crippen LogP contribution in [0.2, 0.25) is 0 Å². The van der Waals surface area contributed by atoms with Gasteiger partial charge in [-0.15, -0.1) is 0 Å². The molecule has 2 aromatic rings. The number of benzene rings is 2. The third kappa shape index (κ3) is 2.82. The number of hydrogen-bond acceptors (Lipinski definition) is 4. The molecule has 1 heterocycles. The number of ether oxygens (including phenoxy) is 2. The van der Waals surface area contributed by atoms with Crippen molar-refractivity contribution >= 4 is 11.4 Å². The van der Waals surface area contributed by atoms with Crippen LogP contribution < -0.4 is 19.3 Å². The van der Waals surface area contributed by atoms with E-state index in [0.29, 0.717) is 6.61 Å². The molecule has 4 nitrogen and oxygen atoms in total. The van der Waals surface area contributed by atoms with Crippen LogP contribution in [-0.2, 0) is 6.54 Å². The predicted octanol–water partition coefficient (Wildman–Crippen LogP) is 3.16. The van der Waals surface area contributed by atoms with Crippen molar-refractivity contribution in [2.75, 3.05) is 44.2 Å². The second-order valence-electron chi connectivity index (χ2n) is 5.63. The molecule has 22 heavy (non-hydrogen) atoms. The molecule has 0 amide bonds. The van der Waals surface area contributed by atoms with Gasteiger partial charge in [0.25, 0.3) is 0 Å². The van der Waals surface area contributed by atoms with Gasteiger partial charge in [0, 0.05) is 38.0 Å². The Morgan fingerprint density at radius 2 is 2.00 bits per heavy atom. The van der Waals surface area contributed by atoms with Gasteiger partial charge in [-0.3, -0.25) is 0 Å². The average Bonchev–Trinajstić information content (AvgIpc) is 2.55. The average molecular weight is 298 g/mol. The van der Waals surface area contributed by atoms with Crippen LogP contribution in [0.1, 0.15) is 5.56 Å². The smallest absolute Gasteiger partial charge is 0.144 e. The zero-order valence-corrected chi connectivity index (χ0v) is 13.4. The maximum atomic E-state index is 5.84. The fourth-order valence-corrected chi connectivity index (χ4v) is 2.75. The summed E-state index contributed by atoms with van der Waals surface area (Å²) in [5, 5.41) is 0. The van der Waals surface area contributed by atoms with Crippen LogP contribution in [0.15, 0.2) is 42.5 Å². The highest BCUT2D eigenvalue weighted by atomic mass is 16.5. The van der Waals surface area contributed by atoms with E-state index in [-0.39, 0.29) is 0 Å². The first kappa shape index (κ1) is 14.6. The highest BCUT2D eigenvalue weighted by Gasteiger charge is 2.20. The molecule has 2 aromatic carbocycles. The van der Waals surface area contributed by atoms with Crippen LogP contribution in [0.3, 0.4) is 0 Å². The van der Waals surface area contributed by atoms with E-state index < -0.39 is 0 Å². The largest absolute Gasteiger partial charge is 0.496 e. The fraction of sp³-hybridized carbons (Fsp3) is 0.333. The lowest BCUT2D eigenvalue weighted by Gasteiger charge is -2.32. The number of methoxy groups -OCH3 is 1. The van der Waals surface area contributed by atoms with Gasteiger partial charge in [0.15, 0.2) is 0 Å². The lowest BCUT2D eigenvalue weighted by Crippen LogP contribution is -2.32. The summed E-state index contributed by atoms with van der Waals surface area (Å²) in [5.74, 6) is 1.88. The van der Waals surface area contributed by atoms with Gasteiger partial charge < -0.3 is 19.3 Å². The fourth-order valence-electron chi connectivity index (χ4n) is 2.75. The Morgan fingerprint density at radius 3 is 2.77 bits per heavy atom. The second-order valence-corrected chi connectivity index (χ2v) is 5.63. The van der Waals surface area contributed by atoms with Crippen molar-refractivity contribution in [2.24, 2.45) is 0 Å². The van der Waals surface area contributed by atoms with E-state index >= 15 is 0 Å². The highest BCUT2D eigenvalue weighted by Crippen LogP contribution is 2.36. The summed E-state index contributed by atoms with van der Waals surface area (Å²) in [6.45, 7) is 2.41. The lowest BCUT2D eigenvalue weighted by molar-refractivity contribution is 0.306. The van der Waals surface area contributed by atoms with Crippen LogP contribution in [0.4, 0.5) is 11.4 Å². The van der Waals surface area contributed by atoms with E-state index in [1.54, 1.807) is 7.11 Å². The molecule has 1 aliphatic heterocycles. The molecular formula is C18H22N2O2. The molecule has 1 aliphatic rings. The van der Waals surface area contributed by atoms with Gasteiger partial charge in [0.05, 0.1) is 19.3 Å². The Balaban J connectivity index is 1.88. The molecule has 0 unspecified atom stereocenters. The van der Waals surface area contributed by atoms with Crippen LogP contribution >= 0.6 is 0 Å². The van der Waals surface area contributed by atoms with Gasteiger partial charge in [-0.05, 0) is 18.2 Å². The lowest BCUT2D eigenvalue weighted by atomic mass is 10.1. The zero-order valence-electron chi connectivity index (χ0n) is 13.4. The molecule has 116 valence electrons. The Morgan fingerprint density at radius 1 is 1.18 bits per heavy atom. The number of anilines is 2. The van der Waals surface area contributed by atoms with Gasteiger partial charge in [-0.2, -0.15) is 0 Å². The zero-order chi connectivity index (χ0) is 15.5. The number of hydrogen-bond donors (Lipinski definition) is 0. The van der Waals surface area contributed by atoms with E-state index in [0.717, 1.165) is 36.0 Å². The normalized spacial score (nSPS) is 13.3. The molecule has 0 fully saturated rings. The van der Waals surface area contributed by atoms with Gasteiger partial charge in [0.2, 0.25) is 0 Å². The molecular weight excluding hydrogens is 276 g/mol. The van der Waals surface area contributed by atoms with E-state index in [2.05, 4.69) is 34.1 Å². The minimum Gasteiger partial charge on any atom is -0.496 e. The first-order valence-electron chi connectivity index (χ1n) is 7.50. The SMILES string of the molecule is COc1ccccc1CN1CCOc2cc(N(C)C)ccc21. The summed E-state index contributed by atoms with van der Waals surface area (Å²) in [6, 6.07) is 14.5. The van der Waals surface area contributed by atoms with E-state index in [1.165, 1.54) is 5.56 Å². The minimum absolute atomic E-state index is 0.707. The van der Waals surface area contributed by atoms with Crippen molar-refractivity contribution in [2.45, 2.75) is 6.54 Å². The van der Waals surface area contributed by atoms with Crippen molar-refractivity contribution in [3.05, 3.63) is 48.0 Å². The van der Waals surface area contributed by atoms with Crippen LogP contribution in [0, 0.1) is 0 Å². The van der Waals surface area contributed by atoms with Gasteiger partial charge in [-0.25, -0.2) is 0 Å². The summed E-state index contributed by atoms with van der Waals surface area (Å²) in [6.07, 6.45) is 0. The molecule has 3 rings (SSSR count). The Labute approximate surface area is 131 Å². The minimum atomic E-state index is 0.707. The molecule has 0 saturated carbocycles. The Hall–Kier alpha value is -2.36. The van der Waals surface area contributed by atoms with E-state index in [1.807, 2.05) is 32.3 Å². The Bertz CT molecular complexity index is 655. The monoisotopic (exact) mass is 298 g/mol. The van der Waals surface area contributed by atoms with Crippen LogP contribution in [0.5, 0.6) is 11.5 Å². The van der Waals surface area contributed by atoms with Gasteiger partial charge in [-0.1, -0.05) is 18.2 Å². The molecule has 0 radical (unpaired) electrons. The molecule has 0 saturated heterocycles. The number of fused-ring (bicyclic) bond motifs is 1. The number of rotatable bonds is 4. The second kappa shape index (κ2) is 6.18. The van der Waals surface area contributed by atoms with Gasteiger partial charge in [0.1, 0.15) is 18.1 Å². The summed E-state index contributed by atoms with van der Waals surface area (Å²) in [4.78, 5) is 4.43. The van der Waals surface area contributed by atoms with Crippen molar-refractivity contribution in [1.82, 2.24) is 0 Å². The van der Waals surface area contributed by atoms with E-state index in [4.69, 9.17) is 9.47 Å². The number of nitrogens with zero attached hydrogens (tertiary/aromatic N) is 2. The predicted molar refractivity (Wildman–Crippen MR) is 90.3 cm³/mol. The third-order valence-corrected chi connectivity index (χ3v) is 3.97. The van der Waals surface area contributed by atoms with Crippen molar-refractivity contribution < 1.29 is 9.47 Å². The van der Waals surface area contributed by atoms with Crippen molar-refractivity contribution in [3.8, 4) is 11.5 Å². The summed E-state index contributed by atoms with van der Waals surface area (Å²) >= 11 is 0. The molecule has 0 bridgehead atoms. The molecule has 4 heteroatoms. The molecule has 0 spiro atoms. The summed E-state index contributed by atoms with van der Waals surface area (Å²) in [5.41, 5.74) is 3.48. The van der Waals surface area contributed by atoms with Crippen LogP contribution in [0.25, 0.3) is 0 Å². The first-order chi connectivity index (χ1) is 10.7. The third-order valence-electron chi connectivity index (χ3n) is 3.97. The summed E-state index contributed by atoms with van der Waals surface area (Å²) in [7, 11) is 5.80. The Kier molecular flexibility index (Phi) is 4.09. The molecule has 0 aliphatic carbocycles. The maximum absolute atomic E-state index is 5.84. The maximum Gasteiger partial charge on any atom is 0.144 e. The van der Waals surface area contributed by atoms with Crippen LogP contribution in [-0.4, -0.2) is 34.4 Å². The van der Waals surface area contributed by atoms with Crippen molar-refractivity contribution in [3.63, 3.8) is 0 Å². The van der Waals surface area contributed by atoms with Gasteiger partial charge >= 0.3 is 0 Å². The topological polar surface area (TPSA) is 24.9 Å². The summed E-state index contributed by atoms with van der Waals surface area (Å²) < 4.78 is 11.3. The molecule has 0 atom stereocenters. The molecule has 0 aromatic heterocycles. The van der Waals surface area contributed by atoms with Crippen molar-refractivity contribution in [1.29, 1.82) is 0 Å². The van der Waals surface area contributed by atoms with E-state index in [9.17, 15) is 0 Å². The highest BCUT2D eigenvalue weighted by molar-refractivity contribution is 5.66.